The monoisotopic (exact) mass is 263 g/mol. The maximum atomic E-state index is 10.9. The van der Waals surface area contributed by atoms with Gasteiger partial charge in [0.1, 0.15) is 0 Å². The Morgan fingerprint density at radius 2 is 2.11 bits per heavy atom. The molecule has 0 aromatic heterocycles. The SMILES string of the molecule is Cc1cc(N(C)CC(N)=O)ccc1CNCC(C)C. The van der Waals surface area contributed by atoms with Gasteiger partial charge in [0.25, 0.3) is 0 Å². The summed E-state index contributed by atoms with van der Waals surface area (Å²) in [4.78, 5) is 12.8. The van der Waals surface area contributed by atoms with E-state index in [0.29, 0.717) is 5.92 Å². The van der Waals surface area contributed by atoms with Crippen molar-refractivity contribution in [1.29, 1.82) is 0 Å². The van der Waals surface area contributed by atoms with E-state index in [1.165, 1.54) is 11.1 Å². The van der Waals surface area contributed by atoms with Crippen LogP contribution in [0.25, 0.3) is 0 Å². The quantitative estimate of drug-likeness (QED) is 0.786. The van der Waals surface area contributed by atoms with Crippen LogP contribution in [0.1, 0.15) is 25.0 Å². The van der Waals surface area contributed by atoms with Crippen LogP contribution >= 0.6 is 0 Å². The number of nitrogens with two attached hydrogens (primary N) is 1. The van der Waals surface area contributed by atoms with Gasteiger partial charge >= 0.3 is 0 Å². The minimum atomic E-state index is -0.317. The summed E-state index contributed by atoms with van der Waals surface area (Å²) >= 11 is 0. The second kappa shape index (κ2) is 7.14. The molecule has 0 unspecified atom stereocenters. The predicted molar refractivity (Wildman–Crippen MR) is 80.2 cm³/mol. The average molecular weight is 263 g/mol. The van der Waals surface area contributed by atoms with Gasteiger partial charge in [0.05, 0.1) is 6.54 Å². The van der Waals surface area contributed by atoms with E-state index in [-0.39, 0.29) is 12.5 Å². The van der Waals surface area contributed by atoms with E-state index < -0.39 is 0 Å². The minimum Gasteiger partial charge on any atom is -0.368 e. The Kier molecular flexibility index (Phi) is 5.83. The van der Waals surface area contributed by atoms with E-state index in [4.69, 9.17) is 5.73 Å². The van der Waals surface area contributed by atoms with Crippen LogP contribution in [-0.4, -0.2) is 26.0 Å². The summed E-state index contributed by atoms with van der Waals surface area (Å²) in [6.07, 6.45) is 0. The molecular formula is C15H25N3O. The van der Waals surface area contributed by atoms with Crippen LogP contribution in [0, 0.1) is 12.8 Å². The fraction of sp³-hybridized carbons (Fsp3) is 0.533. The van der Waals surface area contributed by atoms with Crippen LogP contribution in [0.4, 0.5) is 5.69 Å². The van der Waals surface area contributed by atoms with Crippen molar-refractivity contribution in [2.45, 2.75) is 27.3 Å². The number of benzene rings is 1. The van der Waals surface area contributed by atoms with Crippen molar-refractivity contribution >= 4 is 11.6 Å². The summed E-state index contributed by atoms with van der Waals surface area (Å²) in [5.74, 6) is 0.337. The lowest BCUT2D eigenvalue weighted by atomic mass is 10.1. The number of primary amides is 1. The molecule has 0 heterocycles. The van der Waals surface area contributed by atoms with Crippen molar-refractivity contribution in [2.75, 3.05) is 25.0 Å². The van der Waals surface area contributed by atoms with Gasteiger partial charge in [-0.25, -0.2) is 0 Å². The van der Waals surface area contributed by atoms with E-state index >= 15 is 0 Å². The number of likely N-dealkylation sites (N-methyl/N-ethyl adjacent to an activating group) is 1. The summed E-state index contributed by atoms with van der Waals surface area (Å²) in [5, 5.41) is 3.44. The van der Waals surface area contributed by atoms with Gasteiger partial charge in [-0.05, 0) is 42.6 Å². The Morgan fingerprint density at radius 3 is 2.63 bits per heavy atom. The van der Waals surface area contributed by atoms with E-state index in [9.17, 15) is 4.79 Å². The van der Waals surface area contributed by atoms with Crippen molar-refractivity contribution in [3.63, 3.8) is 0 Å². The summed E-state index contributed by atoms with van der Waals surface area (Å²) in [6, 6.07) is 6.23. The number of rotatable bonds is 7. The second-order valence-electron chi connectivity index (χ2n) is 5.46. The molecule has 19 heavy (non-hydrogen) atoms. The Hall–Kier alpha value is -1.55. The topological polar surface area (TPSA) is 58.4 Å². The molecule has 0 bridgehead atoms. The van der Waals surface area contributed by atoms with Crippen LogP contribution < -0.4 is 16.0 Å². The first-order valence-corrected chi connectivity index (χ1v) is 6.70. The van der Waals surface area contributed by atoms with Crippen molar-refractivity contribution in [1.82, 2.24) is 5.32 Å². The smallest absolute Gasteiger partial charge is 0.236 e. The van der Waals surface area contributed by atoms with E-state index in [1.54, 1.807) is 0 Å². The van der Waals surface area contributed by atoms with Gasteiger partial charge in [-0.3, -0.25) is 4.79 Å². The zero-order valence-corrected chi connectivity index (χ0v) is 12.4. The average Bonchev–Trinajstić information content (AvgIpc) is 2.29. The molecule has 1 aromatic rings. The van der Waals surface area contributed by atoms with Crippen LogP contribution in [0.15, 0.2) is 18.2 Å². The molecule has 0 spiro atoms. The third-order valence-corrected chi connectivity index (χ3v) is 3.03. The molecule has 4 heteroatoms. The molecule has 4 nitrogen and oxygen atoms in total. The number of amides is 1. The highest BCUT2D eigenvalue weighted by Gasteiger charge is 2.06. The van der Waals surface area contributed by atoms with Crippen LogP contribution in [-0.2, 0) is 11.3 Å². The number of hydrogen-bond donors (Lipinski definition) is 2. The number of anilines is 1. The van der Waals surface area contributed by atoms with Crippen molar-refractivity contribution in [3.05, 3.63) is 29.3 Å². The largest absolute Gasteiger partial charge is 0.368 e. The number of carbonyl (C=O) groups excluding carboxylic acids is 1. The molecule has 3 N–H and O–H groups in total. The van der Waals surface area contributed by atoms with Crippen LogP contribution in [0.5, 0.6) is 0 Å². The third kappa shape index (κ3) is 5.30. The van der Waals surface area contributed by atoms with Crippen molar-refractivity contribution < 1.29 is 4.79 Å². The highest BCUT2D eigenvalue weighted by molar-refractivity contribution is 5.79. The lowest BCUT2D eigenvalue weighted by Gasteiger charge is -2.19. The molecule has 0 atom stereocenters. The first kappa shape index (κ1) is 15.5. The highest BCUT2D eigenvalue weighted by atomic mass is 16.1. The zero-order chi connectivity index (χ0) is 14.4. The lowest BCUT2D eigenvalue weighted by Crippen LogP contribution is -2.30. The van der Waals surface area contributed by atoms with Crippen LogP contribution in [0.3, 0.4) is 0 Å². The number of nitrogens with zero attached hydrogens (tertiary/aromatic N) is 1. The van der Waals surface area contributed by atoms with E-state index in [2.05, 4.69) is 38.2 Å². The van der Waals surface area contributed by atoms with E-state index in [0.717, 1.165) is 18.8 Å². The van der Waals surface area contributed by atoms with Crippen molar-refractivity contribution in [2.24, 2.45) is 11.7 Å². The Labute approximate surface area is 116 Å². The fourth-order valence-electron chi connectivity index (χ4n) is 1.94. The van der Waals surface area contributed by atoms with Gasteiger partial charge in [0.15, 0.2) is 0 Å². The number of carbonyl (C=O) groups is 1. The molecule has 0 saturated heterocycles. The maximum Gasteiger partial charge on any atom is 0.236 e. The van der Waals surface area contributed by atoms with Gasteiger partial charge in [-0.15, -0.1) is 0 Å². The summed E-state index contributed by atoms with van der Waals surface area (Å²) in [7, 11) is 1.87. The Morgan fingerprint density at radius 1 is 1.42 bits per heavy atom. The highest BCUT2D eigenvalue weighted by Crippen LogP contribution is 2.18. The third-order valence-electron chi connectivity index (χ3n) is 3.03. The summed E-state index contributed by atoms with van der Waals surface area (Å²) in [6.45, 7) is 8.62. The zero-order valence-electron chi connectivity index (χ0n) is 12.4. The number of aryl methyl sites for hydroxylation is 1. The van der Waals surface area contributed by atoms with Crippen molar-refractivity contribution in [3.8, 4) is 0 Å². The molecule has 0 saturated carbocycles. The summed E-state index contributed by atoms with van der Waals surface area (Å²) in [5.41, 5.74) is 8.74. The molecular weight excluding hydrogens is 238 g/mol. The van der Waals surface area contributed by atoms with Gasteiger partial charge in [0.2, 0.25) is 5.91 Å². The lowest BCUT2D eigenvalue weighted by molar-refractivity contribution is -0.116. The molecule has 1 rings (SSSR count). The minimum absolute atomic E-state index is 0.240. The van der Waals surface area contributed by atoms with Gasteiger partial charge in [-0.1, -0.05) is 19.9 Å². The molecule has 1 amide bonds. The molecule has 0 aliphatic rings. The van der Waals surface area contributed by atoms with Gasteiger partial charge in [-0.2, -0.15) is 0 Å². The normalized spacial score (nSPS) is 10.8. The maximum absolute atomic E-state index is 10.9. The first-order valence-electron chi connectivity index (χ1n) is 6.70. The molecule has 0 aliphatic heterocycles. The standard InChI is InChI=1S/C15H25N3O/c1-11(2)8-17-9-13-5-6-14(7-12(13)3)18(4)10-15(16)19/h5-7,11,17H,8-10H2,1-4H3,(H2,16,19). The first-order chi connectivity index (χ1) is 8.90. The second-order valence-corrected chi connectivity index (χ2v) is 5.46. The predicted octanol–water partition coefficient (Wildman–Crippen LogP) is 1.66. The Bertz CT molecular complexity index is 429. The molecule has 106 valence electrons. The number of hydrogen-bond acceptors (Lipinski definition) is 3. The fourth-order valence-corrected chi connectivity index (χ4v) is 1.94. The van der Waals surface area contributed by atoms with E-state index in [1.807, 2.05) is 18.0 Å². The molecule has 1 aromatic carbocycles. The van der Waals surface area contributed by atoms with Crippen LogP contribution in [0.2, 0.25) is 0 Å². The Balaban J connectivity index is 2.66. The molecule has 0 aliphatic carbocycles. The summed E-state index contributed by atoms with van der Waals surface area (Å²) < 4.78 is 0. The van der Waals surface area contributed by atoms with Gasteiger partial charge in [0, 0.05) is 19.3 Å². The molecule has 0 fully saturated rings. The molecule has 0 radical (unpaired) electrons. The number of nitrogens with one attached hydrogen (secondary N) is 1. The van der Waals surface area contributed by atoms with Gasteiger partial charge < -0.3 is 16.0 Å².